The zero-order valence-corrected chi connectivity index (χ0v) is 15.1. The lowest BCUT2D eigenvalue weighted by Gasteiger charge is -2.05. The Bertz CT molecular complexity index is 841. The number of methoxy groups -OCH3 is 1. The quantitative estimate of drug-likeness (QED) is 0.643. The van der Waals surface area contributed by atoms with Crippen LogP contribution in [-0.4, -0.2) is 18.2 Å². The average molecular weight is 374 g/mol. The lowest BCUT2D eigenvalue weighted by atomic mass is 10.1. The van der Waals surface area contributed by atoms with E-state index in [1.54, 1.807) is 31.4 Å². The Labute approximate surface area is 158 Å². The number of nitrogens with one attached hydrogen (secondary N) is 1. The highest BCUT2D eigenvalue weighted by molar-refractivity contribution is 5.88. The summed E-state index contributed by atoms with van der Waals surface area (Å²) in [6, 6.07) is 18.3. The molecule has 3 aromatic rings. The molecule has 5 nitrogen and oxygen atoms in total. The SMILES string of the molecule is COc1ccc(CNCc2ccc(-c3ccc(C(=O)O)cc3)o2)cc1.Cl. The van der Waals surface area contributed by atoms with Crippen molar-refractivity contribution in [1.29, 1.82) is 0 Å². The summed E-state index contributed by atoms with van der Waals surface area (Å²) in [4.78, 5) is 10.9. The van der Waals surface area contributed by atoms with Crippen LogP contribution in [0.5, 0.6) is 5.75 Å². The van der Waals surface area contributed by atoms with Gasteiger partial charge in [-0.05, 0) is 42.0 Å². The van der Waals surface area contributed by atoms with Gasteiger partial charge in [0, 0.05) is 12.1 Å². The van der Waals surface area contributed by atoms with Gasteiger partial charge in [0.25, 0.3) is 0 Å². The highest BCUT2D eigenvalue weighted by Gasteiger charge is 2.07. The molecule has 0 amide bonds. The molecule has 0 bridgehead atoms. The third-order valence-electron chi connectivity index (χ3n) is 3.87. The van der Waals surface area contributed by atoms with Gasteiger partial charge in [0.1, 0.15) is 17.3 Å². The van der Waals surface area contributed by atoms with Crippen LogP contribution in [0.4, 0.5) is 0 Å². The van der Waals surface area contributed by atoms with Gasteiger partial charge < -0.3 is 19.6 Å². The molecule has 0 unspecified atom stereocenters. The predicted octanol–water partition coefficient (Wildman–Crippen LogP) is 4.37. The van der Waals surface area contributed by atoms with Crippen LogP contribution in [0.15, 0.2) is 65.1 Å². The Hall–Kier alpha value is -2.76. The minimum atomic E-state index is -0.936. The first kappa shape index (κ1) is 19.6. The highest BCUT2D eigenvalue weighted by atomic mass is 35.5. The zero-order chi connectivity index (χ0) is 17.6. The third-order valence-corrected chi connectivity index (χ3v) is 3.87. The first-order valence-corrected chi connectivity index (χ1v) is 7.92. The van der Waals surface area contributed by atoms with E-state index in [0.29, 0.717) is 6.54 Å². The van der Waals surface area contributed by atoms with Gasteiger partial charge in [0.05, 0.1) is 19.2 Å². The van der Waals surface area contributed by atoms with Gasteiger partial charge in [0.15, 0.2) is 0 Å². The number of benzene rings is 2. The number of aromatic carboxylic acids is 1. The normalized spacial score (nSPS) is 10.2. The van der Waals surface area contributed by atoms with E-state index in [2.05, 4.69) is 5.32 Å². The predicted molar refractivity (Wildman–Crippen MR) is 102 cm³/mol. The second-order valence-corrected chi connectivity index (χ2v) is 5.60. The Balaban J connectivity index is 0.00000243. The summed E-state index contributed by atoms with van der Waals surface area (Å²) in [6.45, 7) is 1.34. The molecular weight excluding hydrogens is 354 g/mol. The number of halogens is 1. The molecule has 0 radical (unpaired) electrons. The summed E-state index contributed by atoms with van der Waals surface area (Å²) >= 11 is 0. The molecule has 1 aromatic heterocycles. The molecule has 2 aromatic carbocycles. The first-order chi connectivity index (χ1) is 12.2. The fourth-order valence-corrected chi connectivity index (χ4v) is 2.48. The van der Waals surface area contributed by atoms with Crippen LogP contribution in [0.3, 0.4) is 0 Å². The Morgan fingerprint density at radius 1 is 1.00 bits per heavy atom. The summed E-state index contributed by atoms with van der Waals surface area (Å²) in [6.07, 6.45) is 0. The Morgan fingerprint density at radius 3 is 2.31 bits per heavy atom. The van der Waals surface area contributed by atoms with Gasteiger partial charge >= 0.3 is 5.97 Å². The first-order valence-electron chi connectivity index (χ1n) is 7.92. The number of ether oxygens (including phenoxy) is 1. The topological polar surface area (TPSA) is 71.7 Å². The lowest BCUT2D eigenvalue weighted by molar-refractivity contribution is 0.0697. The standard InChI is InChI=1S/C20H19NO4.ClH/c1-24-17-8-2-14(3-9-17)12-21-13-18-10-11-19(25-18)15-4-6-16(7-5-15)20(22)23;/h2-11,21H,12-13H2,1H3,(H,22,23);1H. The fraction of sp³-hybridized carbons (Fsp3) is 0.150. The molecule has 26 heavy (non-hydrogen) atoms. The van der Waals surface area contributed by atoms with Gasteiger partial charge in [-0.1, -0.05) is 24.3 Å². The van der Waals surface area contributed by atoms with E-state index < -0.39 is 5.97 Å². The van der Waals surface area contributed by atoms with Crippen molar-refractivity contribution in [3.63, 3.8) is 0 Å². The van der Waals surface area contributed by atoms with Crippen molar-refractivity contribution in [3.05, 3.63) is 77.6 Å². The van der Waals surface area contributed by atoms with Gasteiger partial charge in [-0.25, -0.2) is 4.79 Å². The van der Waals surface area contributed by atoms with Crippen LogP contribution in [0, 0.1) is 0 Å². The molecule has 0 spiro atoms. The lowest BCUT2D eigenvalue weighted by Crippen LogP contribution is -2.11. The molecule has 2 N–H and O–H groups in total. The van der Waals surface area contributed by atoms with Crippen molar-refractivity contribution in [1.82, 2.24) is 5.32 Å². The van der Waals surface area contributed by atoms with E-state index in [1.165, 1.54) is 0 Å². The van der Waals surface area contributed by atoms with Crippen molar-refractivity contribution < 1.29 is 19.1 Å². The summed E-state index contributed by atoms with van der Waals surface area (Å²) in [7, 11) is 1.65. The van der Waals surface area contributed by atoms with Crippen LogP contribution < -0.4 is 10.1 Å². The molecule has 3 rings (SSSR count). The molecule has 0 atom stereocenters. The van der Waals surface area contributed by atoms with Gasteiger partial charge in [-0.15, -0.1) is 12.4 Å². The highest BCUT2D eigenvalue weighted by Crippen LogP contribution is 2.22. The van der Waals surface area contributed by atoms with Crippen molar-refractivity contribution >= 4 is 18.4 Å². The number of rotatable bonds is 7. The van der Waals surface area contributed by atoms with Crippen molar-refractivity contribution in [2.45, 2.75) is 13.1 Å². The van der Waals surface area contributed by atoms with Crippen molar-refractivity contribution in [2.24, 2.45) is 0 Å². The van der Waals surface area contributed by atoms with Crippen molar-refractivity contribution in [3.8, 4) is 17.1 Å². The van der Waals surface area contributed by atoms with Crippen LogP contribution in [0.2, 0.25) is 0 Å². The molecule has 0 aliphatic rings. The molecule has 0 fully saturated rings. The number of carbonyl (C=O) groups is 1. The molecule has 1 heterocycles. The van der Waals surface area contributed by atoms with Crippen LogP contribution in [-0.2, 0) is 13.1 Å². The van der Waals surface area contributed by atoms with E-state index in [0.717, 1.165) is 34.9 Å². The van der Waals surface area contributed by atoms with Gasteiger partial charge in [-0.2, -0.15) is 0 Å². The van der Waals surface area contributed by atoms with E-state index in [1.807, 2.05) is 36.4 Å². The molecule has 0 saturated heterocycles. The molecular formula is C20H20ClNO4. The van der Waals surface area contributed by atoms with E-state index in [9.17, 15) is 4.79 Å². The van der Waals surface area contributed by atoms with E-state index >= 15 is 0 Å². The minimum Gasteiger partial charge on any atom is -0.497 e. The molecule has 0 aliphatic heterocycles. The number of carboxylic acids is 1. The van der Waals surface area contributed by atoms with Crippen LogP contribution in [0.25, 0.3) is 11.3 Å². The Morgan fingerprint density at radius 2 is 1.69 bits per heavy atom. The summed E-state index contributed by atoms with van der Waals surface area (Å²) in [5.74, 6) is 1.45. The second kappa shape index (κ2) is 9.08. The van der Waals surface area contributed by atoms with Crippen LogP contribution in [0.1, 0.15) is 21.7 Å². The van der Waals surface area contributed by atoms with Gasteiger partial charge in [0.2, 0.25) is 0 Å². The zero-order valence-electron chi connectivity index (χ0n) is 14.3. The summed E-state index contributed by atoms with van der Waals surface area (Å²) < 4.78 is 11.0. The summed E-state index contributed by atoms with van der Waals surface area (Å²) in [5.41, 5.74) is 2.28. The average Bonchev–Trinajstić information content (AvgIpc) is 3.11. The van der Waals surface area contributed by atoms with E-state index in [-0.39, 0.29) is 18.0 Å². The number of carboxylic acid groups (broad SMARTS) is 1. The molecule has 0 aliphatic carbocycles. The maximum Gasteiger partial charge on any atom is 0.335 e. The fourth-order valence-electron chi connectivity index (χ4n) is 2.48. The molecule has 0 saturated carbocycles. The second-order valence-electron chi connectivity index (χ2n) is 5.60. The third kappa shape index (κ3) is 4.88. The number of furan rings is 1. The number of hydrogen-bond donors (Lipinski definition) is 2. The smallest absolute Gasteiger partial charge is 0.335 e. The van der Waals surface area contributed by atoms with Crippen molar-refractivity contribution in [2.75, 3.05) is 7.11 Å². The van der Waals surface area contributed by atoms with E-state index in [4.69, 9.17) is 14.3 Å². The largest absolute Gasteiger partial charge is 0.497 e. The monoisotopic (exact) mass is 373 g/mol. The minimum absolute atomic E-state index is 0. The summed E-state index contributed by atoms with van der Waals surface area (Å²) in [5, 5.41) is 12.3. The molecule has 6 heteroatoms. The van der Waals surface area contributed by atoms with Gasteiger partial charge in [-0.3, -0.25) is 0 Å². The molecule has 136 valence electrons. The maximum atomic E-state index is 10.9. The number of hydrogen-bond acceptors (Lipinski definition) is 4. The maximum absolute atomic E-state index is 10.9. The Kier molecular flexibility index (Phi) is 6.83. The van der Waals surface area contributed by atoms with Crippen LogP contribution >= 0.6 is 12.4 Å².